The van der Waals surface area contributed by atoms with Crippen molar-refractivity contribution in [1.82, 2.24) is 4.90 Å². The first-order chi connectivity index (χ1) is 13.6. The second-order valence-corrected chi connectivity index (χ2v) is 7.34. The number of nitrogens with zero attached hydrogens (tertiary/aromatic N) is 1. The monoisotopic (exact) mass is 379 g/mol. The van der Waals surface area contributed by atoms with Crippen LogP contribution in [0.3, 0.4) is 0 Å². The first-order valence-corrected chi connectivity index (χ1v) is 9.70. The maximum absolute atomic E-state index is 13.4. The van der Waals surface area contributed by atoms with Gasteiger partial charge in [0.2, 0.25) is 0 Å². The minimum absolute atomic E-state index is 0.0476. The van der Waals surface area contributed by atoms with Crippen molar-refractivity contribution in [2.75, 3.05) is 0 Å². The van der Waals surface area contributed by atoms with Crippen LogP contribution in [-0.4, -0.2) is 16.8 Å². The minimum Gasteiger partial charge on any atom is -0.422 e. The Morgan fingerprint density at radius 1 is 1.04 bits per heavy atom. The molecule has 3 aromatic rings. The molecule has 1 saturated carbocycles. The average molecular weight is 379 g/mol. The van der Waals surface area contributed by atoms with Crippen molar-refractivity contribution < 1.29 is 13.6 Å². The molecule has 4 nitrogen and oxygen atoms in total. The van der Waals surface area contributed by atoms with Crippen LogP contribution in [-0.2, 0) is 6.54 Å². The molecular formula is C23H22FNO3. The van der Waals surface area contributed by atoms with Crippen LogP contribution in [0.15, 0.2) is 63.8 Å². The number of carbonyl (C=O) groups is 1. The second-order valence-electron chi connectivity index (χ2n) is 7.34. The van der Waals surface area contributed by atoms with Crippen molar-refractivity contribution in [3.8, 4) is 0 Å². The molecule has 0 aliphatic heterocycles. The first kappa shape index (κ1) is 18.4. The van der Waals surface area contributed by atoms with Crippen molar-refractivity contribution >= 4 is 16.9 Å². The van der Waals surface area contributed by atoms with Crippen LogP contribution in [0.4, 0.5) is 4.39 Å². The quantitative estimate of drug-likeness (QED) is 0.606. The third-order valence-corrected chi connectivity index (χ3v) is 5.41. The van der Waals surface area contributed by atoms with E-state index in [0.29, 0.717) is 12.1 Å². The molecule has 0 unspecified atom stereocenters. The normalized spacial score (nSPS) is 14.9. The Balaban J connectivity index is 1.70. The van der Waals surface area contributed by atoms with E-state index in [1.165, 1.54) is 12.1 Å². The van der Waals surface area contributed by atoms with Gasteiger partial charge in [-0.2, -0.15) is 0 Å². The van der Waals surface area contributed by atoms with Gasteiger partial charge in [-0.25, -0.2) is 9.18 Å². The third kappa shape index (κ3) is 3.84. The highest BCUT2D eigenvalue weighted by molar-refractivity contribution is 5.96. The fraction of sp³-hybridized carbons (Fsp3) is 0.304. The summed E-state index contributed by atoms with van der Waals surface area (Å²) in [6.07, 6.45) is 5.10. The molecular weight excluding hydrogens is 357 g/mol. The molecule has 1 heterocycles. The van der Waals surface area contributed by atoms with E-state index in [1.807, 2.05) is 12.1 Å². The molecule has 0 saturated heterocycles. The zero-order valence-corrected chi connectivity index (χ0v) is 15.6. The third-order valence-electron chi connectivity index (χ3n) is 5.41. The van der Waals surface area contributed by atoms with Gasteiger partial charge in [0.1, 0.15) is 17.0 Å². The van der Waals surface area contributed by atoms with Crippen LogP contribution in [0.2, 0.25) is 0 Å². The Morgan fingerprint density at radius 2 is 1.75 bits per heavy atom. The molecule has 28 heavy (non-hydrogen) atoms. The lowest BCUT2D eigenvalue weighted by molar-refractivity contribution is 0.0610. The number of halogens is 1. The molecule has 5 heteroatoms. The van der Waals surface area contributed by atoms with E-state index < -0.39 is 5.63 Å². The summed E-state index contributed by atoms with van der Waals surface area (Å²) < 4.78 is 18.6. The Morgan fingerprint density at radius 3 is 2.50 bits per heavy atom. The van der Waals surface area contributed by atoms with E-state index in [0.717, 1.165) is 43.1 Å². The molecule has 1 amide bonds. The number of fused-ring (bicyclic) bond motifs is 1. The summed E-state index contributed by atoms with van der Waals surface area (Å²) in [6, 6.07) is 15.0. The van der Waals surface area contributed by atoms with Gasteiger partial charge < -0.3 is 9.32 Å². The summed E-state index contributed by atoms with van der Waals surface area (Å²) in [5.74, 6) is -0.634. The van der Waals surface area contributed by atoms with Gasteiger partial charge in [0.05, 0.1) is 0 Å². The Hall–Kier alpha value is -2.95. The lowest BCUT2D eigenvalue weighted by Crippen LogP contribution is -2.42. The van der Waals surface area contributed by atoms with Crippen molar-refractivity contribution in [1.29, 1.82) is 0 Å². The van der Waals surface area contributed by atoms with Crippen LogP contribution < -0.4 is 5.63 Å². The summed E-state index contributed by atoms with van der Waals surface area (Å²) in [4.78, 5) is 27.6. The van der Waals surface area contributed by atoms with Crippen LogP contribution in [0.25, 0.3) is 11.0 Å². The van der Waals surface area contributed by atoms with E-state index in [1.54, 1.807) is 35.2 Å². The average Bonchev–Trinajstić information content (AvgIpc) is 2.73. The molecule has 1 aliphatic rings. The van der Waals surface area contributed by atoms with Crippen LogP contribution >= 0.6 is 0 Å². The van der Waals surface area contributed by atoms with E-state index in [4.69, 9.17) is 4.42 Å². The van der Waals surface area contributed by atoms with E-state index >= 15 is 0 Å². The largest absolute Gasteiger partial charge is 0.422 e. The van der Waals surface area contributed by atoms with E-state index in [2.05, 4.69) is 0 Å². The smallest absolute Gasteiger partial charge is 0.349 e. The molecule has 0 spiro atoms. The fourth-order valence-electron chi connectivity index (χ4n) is 3.91. The number of benzene rings is 2. The number of rotatable bonds is 4. The molecule has 1 fully saturated rings. The van der Waals surface area contributed by atoms with Crippen LogP contribution in [0.5, 0.6) is 0 Å². The topological polar surface area (TPSA) is 50.5 Å². The maximum atomic E-state index is 13.4. The molecule has 0 bridgehead atoms. The zero-order chi connectivity index (χ0) is 19.5. The van der Waals surface area contributed by atoms with Gasteiger partial charge in [-0.3, -0.25) is 4.79 Å². The number of carbonyl (C=O) groups excluding carboxylic acids is 1. The molecule has 144 valence electrons. The molecule has 0 atom stereocenters. The highest BCUT2D eigenvalue weighted by Gasteiger charge is 2.28. The summed E-state index contributed by atoms with van der Waals surface area (Å²) >= 11 is 0. The predicted molar refractivity (Wildman–Crippen MR) is 106 cm³/mol. The van der Waals surface area contributed by atoms with Crippen molar-refractivity contribution in [2.45, 2.75) is 44.7 Å². The fourth-order valence-corrected chi connectivity index (χ4v) is 3.91. The highest BCUT2D eigenvalue weighted by Crippen LogP contribution is 2.26. The minimum atomic E-state index is -0.622. The molecule has 0 radical (unpaired) electrons. The van der Waals surface area contributed by atoms with Gasteiger partial charge >= 0.3 is 5.63 Å². The van der Waals surface area contributed by atoms with Gasteiger partial charge in [0.25, 0.3) is 5.91 Å². The lowest BCUT2D eigenvalue weighted by Gasteiger charge is -2.34. The van der Waals surface area contributed by atoms with Gasteiger partial charge in [-0.05, 0) is 42.7 Å². The molecule has 4 rings (SSSR count). The summed E-state index contributed by atoms with van der Waals surface area (Å²) in [5, 5.41) is 0.718. The molecule has 1 aromatic heterocycles. The Bertz CT molecular complexity index is 1040. The predicted octanol–water partition coefficient (Wildman–Crippen LogP) is 4.91. The highest BCUT2D eigenvalue weighted by atomic mass is 19.1. The van der Waals surface area contributed by atoms with Crippen molar-refractivity contribution in [2.24, 2.45) is 0 Å². The zero-order valence-electron chi connectivity index (χ0n) is 15.6. The van der Waals surface area contributed by atoms with Crippen molar-refractivity contribution in [3.05, 3.63) is 82.0 Å². The number of amides is 1. The maximum Gasteiger partial charge on any atom is 0.349 e. The summed E-state index contributed by atoms with van der Waals surface area (Å²) in [5.41, 5.74) is 0.729. The molecule has 0 N–H and O–H groups in total. The Labute approximate surface area is 162 Å². The SMILES string of the molecule is O=C(c1cc2ccccc2oc1=O)N(Cc1ccc(F)cc1)C1CCCCC1. The second kappa shape index (κ2) is 7.97. The molecule has 1 aliphatic carbocycles. The van der Waals surface area contributed by atoms with Gasteiger partial charge in [-0.15, -0.1) is 0 Å². The Kier molecular flexibility index (Phi) is 5.24. The van der Waals surface area contributed by atoms with E-state index in [9.17, 15) is 14.0 Å². The first-order valence-electron chi connectivity index (χ1n) is 9.70. The van der Waals surface area contributed by atoms with Gasteiger partial charge in [0, 0.05) is 18.0 Å². The number of hydrogen-bond donors (Lipinski definition) is 0. The lowest BCUT2D eigenvalue weighted by atomic mass is 9.93. The number of hydrogen-bond acceptors (Lipinski definition) is 3. The summed E-state index contributed by atoms with van der Waals surface area (Å²) in [6.45, 7) is 0.343. The molecule has 2 aromatic carbocycles. The standard InChI is InChI=1S/C23H22FNO3/c24-18-12-10-16(11-13-18)15-25(19-7-2-1-3-8-19)22(26)20-14-17-6-4-5-9-21(17)28-23(20)27/h4-6,9-14,19H,1-3,7-8,15H2. The van der Waals surface area contributed by atoms with Gasteiger partial charge in [-0.1, -0.05) is 49.6 Å². The van der Waals surface area contributed by atoms with Crippen LogP contribution in [0, 0.1) is 5.82 Å². The van der Waals surface area contributed by atoms with E-state index in [-0.39, 0.29) is 23.3 Å². The number of para-hydroxylation sites is 1. The van der Waals surface area contributed by atoms with Crippen LogP contribution in [0.1, 0.15) is 48.0 Å². The van der Waals surface area contributed by atoms with Gasteiger partial charge in [0.15, 0.2) is 0 Å². The summed E-state index contributed by atoms with van der Waals surface area (Å²) in [7, 11) is 0. The van der Waals surface area contributed by atoms with Crippen molar-refractivity contribution in [3.63, 3.8) is 0 Å².